The number of hydrogen-bond donors (Lipinski definition) is 1. The predicted octanol–water partition coefficient (Wildman–Crippen LogP) is 3.67. The molecule has 0 spiro atoms. The average molecular weight is 412 g/mol. The summed E-state index contributed by atoms with van der Waals surface area (Å²) in [5, 5.41) is 11.7. The molecule has 4 heterocycles. The van der Waals surface area contributed by atoms with Gasteiger partial charge in [0, 0.05) is 30.9 Å². The molecule has 1 fully saturated rings. The zero-order valence-electron chi connectivity index (χ0n) is 17.4. The molecular weight excluding hydrogens is 388 g/mol. The first-order valence-corrected chi connectivity index (χ1v) is 10.5. The Morgan fingerprint density at radius 3 is 2.77 bits per heavy atom. The van der Waals surface area contributed by atoms with Gasteiger partial charge >= 0.3 is 0 Å². The van der Waals surface area contributed by atoms with E-state index in [1.54, 1.807) is 12.3 Å². The van der Waals surface area contributed by atoms with Crippen LogP contribution in [0, 0.1) is 6.92 Å². The number of hydrogen-bond acceptors (Lipinski definition) is 5. The van der Waals surface area contributed by atoms with Gasteiger partial charge in [0.1, 0.15) is 5.82 Å². The van der Waals surface area contributed by atoms with Crippen LogP contribution >= 0.6 is 0 Å². The Labute approximate surface area is 180 Å². The summed E-state index contributed by atoms with van der Waals surface area (Å²) in [6.45, 7) is 4.81. The molecule has 4 aromatic rings. The van der Waals surface area contributed by atoms with Crippen molar-refractivity contribution < 1.29 is 4.79 Å². The Kier molecular flexibility index (Phi) is 5.18. The van der Waals surface area contributed by atoms with Crippen LogP contribution in [0.5, 0.6) is 0 Å². The van der Waals surface area contributed by atoms with Gasteiger partial charge in [0.05, 0.1) is 17.4 Å². The lowest BCUT2D eigenvalue weighted by molar-refractivity contribution is 0.102. The number of likely N-dealkylation sites (tertiary alicyclic amines) is 1. The molecule has 1 aliphatic heterocycles. The van der Waals surface area contributed by atoms with Gasteiger partial charge in [0.2, 0.25) is 0 Å². The van der Waals surface area contributed by atoms with E-state index < -0.39 is 0 Å². The van der Waals surface area contributed by atoms with Gasteiger partial charge < -0.3 is 5.32 Å². The van der Waals surface area contributed by atoms with Crippen LogP contribution in [0.4, 0.5) is 5.69 Å². The summed E-state index contributed by atoms with van der Waals surface area (Å²) < 4.78 is 1.96. The lowest BCUT2D eigenvalue weighted by Crippen LogP contribution is -2.20. The van der Waals surface area contributed by atoms with Gasteiger partial charge in [-0.05, 0) is 49.7 Å². The number of nitrogens with zero attached hydrogens (tertiary/aromatic N) is 5. The lowest BCUT2D eigenvalue weighted by Gasteiger charge is -2.15. The van der Waals surface area contributed by atoms with Gasteiger partial charge in [-0.3, -0.25) is 19.1 Å². The van der Waals surface area contributed by atoms with Crippen LogP contribution in [0.3, 0.4) is 0 Å². The molecule has 0 saturated carbocycles. The first-order chi connectivity index (χ1) is 15.2. The highest BCUT2D eigenvalue weighted by atomic mass is 16.1. The zero-order valence-corrected chi connectivity index (χ0v) is 17.4. The Hall–Kier alpha value is -3.58. The number of aryl methyl sites for hydroxylation is 1. The Bertz CT molecular complexity index is 1200. The minimum absolute atomic E-state index is 0.177. The number of anilines is 1. The average Bonchev–Trinajstić information content (AvgIpc) is 3.42. The normalized spacial score (nSPS) is 16.6. The number of carbonyl (C=O) groups is 1. The third kappa shape index (κ3) is 4.18. The van der Waals surface area contributed by atoms with Gasteiger partial charge in [-0.1, -0.05) is 30.3 Å². The fourth-order valence-corrected chi connectivity index (χ4v) is 4.09. The molecule has 1 saturated heterocycles. The molecule has 1 amide bonds. The maximum atomic E-state index is 12.8. The number of fused-ring (bicyclic) bond motifs is 1. The predicted molar refractivity (Wildman–Crippen MR) is 119 cm³/mol. The van der Waals surface area contributed by atoms with E-state index in [-0.39, 0.29) is 5.91 Å². The number of aromatic nitrogens is 4. The molecule has 1 atom stereocenters. The van der Waals surface area contributed by atoms with Crippen molar-refractivity contribution in [2.75, 3.05) is 18.4 Å². The van der Waals surface area contributed by atoms with E-state index >= 15 is 0 Å². The first kappa shape index (κ1) is 19.4. The maximum Gasteiger partial charge on any atom is 0.257 e. The quantitative estimate of drug-likeness (QED) is 0.541. The second-order valence-electron chi connectivity index (χ2n) is 8.05. The minimum atomic E-state index is -0.177. The molecule has 7 heteroatoms. The molecule has 5 rings (SSSR count). The number of rotatable bonds is 5. The molecule has 3 aromatic heterocycles. The highest BCUT2D eigenvalue weighted by Crippen LogP contribution is 2.27. The molecule has 31 heavy (non-hydrogen) atoms. The van der Waals surface area contributed by atoms with Gasteiger partial charge in [0.15, 0.2) is 5.65 Å². The highest BCUT2D eigenvalue weighted by Gasteiger charge is 2.27. The molecule has 156 valence electrons. The van der Waals surface area contributed by atoms with Gasteiger partial charge in [-0.25, -0.2) is 0 Å². The molecular formula is C24H24N6O. The third-order valence-corrected chi connectivity index (χ3v) is 5.75. The van der Waals surface area contributed by atoms with Gasteiger partial charge in [0.25, 0.3) is 5.91 Å². The summed E-state index contributed by atoms with van der Waals surface area (Å²) in [4.78, 5) is 19.4. The molecule has 0 radical (unpaired) electrons. The minimum Gasteiger partial charge on any atom is -0.321 e. The number of amides is 1. The van der Waals surface area contributed by atoms with Crippen molar-refractivity contribution in [2.24, 2.45) is 0 Å². The SMILES string of the molecule is Cc1ccc(NC(=O)c2ccc3nnc([C@@H]4CCN(Cc5ccccc5)C4)n3c2)cn1. The highest BCUT2D eigenvalue weighted by molar-refractivity contribution is 6.04. The summed E-state index contributed by atoms with van der Waals surface area (Å²) in [5.74, 6) is 1.03. The molecule has 1 aliphatic rings. The molecule has 0 aliphatic carbocycles. The Morgan fingerprint density at radius 2 is 1.97 bits per heavy atom. The topological polar surface area (TPSA) is 75.4 Å². The van der Waals surface area contributed by atoms with Crippen molar-refractivity contribution in [3.05, 3.63) is 89.6 Å². The van der Waals surface area contributed by atoms with E-state index in [9.17, 15) is 4.79 Å². The van der Waals surface area contributed by atoms with E-state index in [0.717, 1.165) is 43.2 Å². The second kappa shape index (κ2) is 8.28. The summed E-state index contributed by atoms with van der Waals surface area (Å²) in [7, 11) is 0. The van der Waals surface area contributed by atoms with Gasteiger partial charge in [-0.15, -0.1) is 10.2 Å². The van der Waals surface area contributed by atoms with Crippen molar-refractivity contribution >= 4 is 17.2 Å². The van der Waals surface area contributed by atoms with Crippen molar-refractivity contribution in [1.82, 2.24) is 24.5 Å². The zero-order chi connectivity index (χ0) is 21.2. The fourth-order valence-electron chi connectivity index (χ4n) is 4.09. The maximum absolute atomic E-state index is 12.8. The molecule has 7 nitrogen and oxygen atoms in total. The number of carbonyl (C=O) groups excluding carboxylic acids is 1. The summed E-state index contributed by atoms with van der Waals surface area (Å²) in [6.07, 6.45) is 4.52. The summed E-state index contributed by atoms with van der Waals surface area (Å²) >= 11 is 0. The Balaban J connectivity index is 1.33. The summed E-state index contributed by atoms with van der Waals surface area (Å²) in [6, 6.07) is 17.9. The van der Waals surface area contributed by atoms with E-state index in [2.05, 4.69) is 49.7 Å². The molecule has 1 N–H and O–H groups in total. The van der Waals surface area contributed by atoms with Crippen LogP contribution in [0.1, 0.15) is 39.8 Å². The third-order valence-electron chi connectivity index (χ3n) is 5.75. The van der Waals surface area contributed by atoms with Crippen LogP contribution in [0.25, 0.3) is 5.65 Å². The van der Waals surface area contributed by atoms with Crippen LogP contribution < -0.4 is 5.32 Å². The Morgan fingerprint density at radius 1 is 1.10 bits per heavy atom. The molecule has 0 unspecified atom stereocenters. The summed E-state index contributed by atoms with van der Waals surface area (Å²) in [5.41, 5.74) is 4.22. The number of nitrogens with one attached hydrogen (secondary N) is 1. The van der Waals surface area contributed by atoms with E-state index in [1.165, 1.54) is 5.56 Å². The van der Waals surface area contributed by atoms with Crippen molar-refractivity contribution in [2.45, 2.75) is 25.8 Å². The molecule has 0 bridgehead atoms. The van der Waals surface area contributed by atoms with Crippen molar-refractivity contribution in [3.63, 3.8) is 0 Å². The standard InChI is InChI=1S/C24H24N6O/c1-17-7-9-21(13-25-17)26-24(31)20-8-10-22-27-28-23(30(22)16-20)19-11-12-29(15-19)14-18-5-3-2-4-6-18/h2-10,13,16,19H,11-12,14-15H2,1H3,(H,26,31)/t19-/m1/s1. The van der Waals surface area contributed by atoms with Crippen LogP contribution in [0.15, 0.2) is 67.0 Å². The van der Waals surface area contributed by atoms with Crippen LogP contribution in [-0.4, -0.2) is 43.5 Å². The van der Waals surface area contributed by atoms with Crippen LogP contribution in [0.2, 0.25) is 0 Å². The number of pyridine rings is 2. The van der Waals surface area contributed by atoms with Gasteiger partial charge in [-0.2, -0.15) is 0 Å². The van der Waals surface area contributed by atoms with Crippen molar-refractivity contribution in [3.8, 4) is 0 Å². The van der Waals surface area contributed by atoms with E-state index in [1.807, 2.05) is 41.8 Å². The fraction of sp³-hybridized carbons (Fsp3) is 0.250. The molecule has 1 aromatic carbocycles. The van der Waals surface area contributed by atoms with Crippen molar-refractivity contribution in [1.29, 1.82) is 0 Å². The monoisotopic (exact) mass is 412 g/mol. The smallest absolute Gasteiger partial charge is 0.257 e. The van der Waals surface area contributed by atoms with E-state index in [4.69, 9.17) is 0 Å². The second-order valence-corrected chi connectivity index (χ2v) is 8.05. The number of benzene rings is 1. The largest absolute Gasteiger partial charge is 0.321 e. The van der Waals surface area contributed by atoms with E-state index in [0.29, 0.717) is 17.2 Å². The first-order valence-electron chi connectivity index (χ1n) is 10.5. The van der Waals surface area contributed by atoms with Crippen LogP contribution in [-0.2, 0) is 6.54 Å². The lowest BCUT2D eigenvalue weighted by atomic mass is 10.1.